The molecule has 0 aliphatic heterocycles. The van der Waals surface area contributed by atoms with E-state index >= 15 is 0 Å². The van der Waals surface area contributed by atoms with Crippen molar-refractivity contribution in [2.24, 2.45) is 5.92 Å². The quantitative estimate of drug-likeness (QED) is 0.539. The summed E-state index contributed by atoms with van der Waals surface area (Å²) < 4.78 is 30.0. The van der Waals surface area contributed by atoms with E-state index in [2.05, 4.69) is 5.32 Å². The molecule has 2 amide bonds. The topological polar surface area (TPSA) is 96.0 Å². The number of nitrogens with zero attached hydrogens (tertiary/aromatic N) is 2. The van der Waals surface area contributed by atoms with Crippen molar-refractivity contribution in [2.75, 3.05) is 33.5 Å². The van der Waals surface area contributed by atoms with Crippen molar-refractivity contribution in [1.82, 2.24) is 14.5 Å². The second kappa shape index (κ2) is 11.8. The molecule has 0 unspecified atom stereocenters. The first-order valence-corrected chi connectivity index (χ1v) is 12.5. The summed E-state index contributed by atoms with van der Waals surface area (Å²) in [7, 11) is -0.668. The zero-order valence-corrected chi connectivity index (χ0v) is 20.6. The summed E-state index contributed by atoms with van der Waals surface area (Å²) in [5, 5.41) is 2.92. The maximum atomic E-state index is 13.4. The van der Waals surface area contributed by atoms with Gasteiger partial charge in [-0.3, -0.25) is 9.59 Å². The number of amides is 2. The van der Waals surface area contributed by atoms with E-state index in [1.54, 1.807) is 43.5 Å². The normalized spacial score (nSPS) is 12.5. The van der Waals surface area contributed by atoms with E-state index in [1.807, 2.05) is 32.0 Å². The molecule has 33 heavy (non-hydrogen) atoms. The number of sulfonamides is 1. The van der Waals surface area contributed by atoms with Gasteiger partial charge in [-0.05, 0) is 29.2 Å². The van der Waals surface area contributed by atoms with Crippen LogP contribution in [0.2, 0.25) is 0 Å². The summed E-state index contributed by atoms with van der Waals surface area (Å²) in [6.07, 6.45) is 1.04. The highest BCUT2D eigenvalue weighted by Crippen LogP contribution is 2.25. The molecule has 0 aliphatic rings. The number of carbonyl (C=O) groups excluding carboxylic acids is 2. The van der Waals surface area contributed by atoms with E-state index in [0.29, 0.717) is 17.9 Å². The van der Waals surface area contributed by atoms with Crippen molar-refractivity contribution in [3.63, 3.8) is 0 Å². The lowest BCUT2D eigenvalue weighted by Crippen LogP contribution is -2.47. The molecule has 2 aromatic carbocycles. The number of rotatable bonds is 11. The molecule has 1 N–H and O–H groups in total. The molecule has 2 aromatic rings. The fourth-order valence-corrected chi connectivity index (χ4v) is 3.50. The largest absolute Gasteiger partial charge is 0.497 e. The lowest BCUT2D eigenvalue weighted by molar-refractivity contribution is -0.141. The summed E-state index contributed by atoms with van der Waals surface area (Å²) in [6, 6.07) is 15.3. The van der Waals surface area contributed by atoms with Gasteiger partial charge >= 0.3 is 0 Å². The van der Waals surface area contributed by atoms with Crippen molar-refractivity contribution in [1.29, 1.82) is 0 Å². The number of methoxy groups -OCH3 is 1. The van der Waals surface area contributed by atoms with Crippen molar-refractivity contribution >= 4 is 21.8 Å². The molecule has 1 atom stereocenters. The van der Waals surface area contributed by atoms with Crippen LogP contribution in [0, 0.1) is 5.92 Å². The zero-order chi connectivity index (χ0) is 24.6. The van der Waals surface area contributed by atoms with Gasteiger partial charge in [-0.25, -0.2) is 8.42 Å². The molecule has 0 aliphatic carbocycles. The number of nitrogens with one attached hydrogen (secondary N) is 1. The second-order valence-electron chi connectivity index (χ2n) is 8.34. The molecule has 0 fully saturated rings. The molecule has 180 valence electrons. The number of likely N-dealkylation sites (N-methyl/N-ethyl adjacent to an activating group) is 1. The van der Waals surface area contributed by atoms with Gasteiger partial charge in [-0.1, -0.05) is 56.3 Å². The molecular weight excluding hydrogens is 442 g/mol. The fourth-order valence-electron chi connectivity index (χ4n) is 3.16. The van der Waals surface area contributed by atoms with Crippen LogP contribution in [0.1, 0.15) is 31.0 Å². The van der Waals surface area contributed by atoms with Crippen LogP contribution in [-0.2, 0) is 26.2 Å². The highest BCUT2D eigenvalue weighted by Gasteiger charge is 2.32. The lowest BCUT2D eigenvalue weighted by atomic mass is 10.0. The van der Waals surface area contributed by atoms with Gasteiger partial charge in [-0.2, -0.15) is 4.31 Å². The Bertz CT molecular complexity index is 1020. The predicted molar refractivity (Wildman–Crippen MR) is 128 cm³/mol. The van der Waals surface area contributed by atoms with Crippen LogP contribution < -0.4 is 10.1 Å². The average molecular weight is 476 g/mol. The van der Waals surface area contributed by atoms with E-state index in [1.165, 1.54) is 11.9 Å². The van der Waals surface area contributed by atoms with Crippen LogP contribution in [0.3, 0.4) is 0 Å². The minimum atomic E-state index is -3.58. The summed E-state index contributed by atoms with van der Waals surface area (Å²) in [6.45, 7) is 4.17. The van der Waals surface area contributed by atoms with E-state index in [9.17, 15) is 18.0 Å². The van der Waals surface area contributed by atoms with Gasteiger partial charge < -0.3 is 15.0 Å². The number of hydrogen-bond donors (Lipinski definition) is 1. The Balaban J connectivity index is 2.48. The van der Waals surface area contributed by atoms with E-state index < -0.39 is 22.0 Å². The maximum absolute atomic E-state index is 13.4. The van der Waals surface area contributed by atoms with Crippen molar-refractivity contribution in [3.05, 3.63) is 65.7 Å². The standard InChI is InChI=1S/C24H33N3O5S/c1-18(2)15-25-24(29)23(20-9-7-6-8-10-20)27(22(28)17-26(3)33(5,30)31)16-19-11-13-21(32-4)14-12-19/h6-14,18,23H,15-17H2,1-5H3,(H,25,29)/t23-/m0/s1. The van der Waals surface area contributed by atoms with Gasteiger partial charge in [0.1, 0.15) is 11.8 Å². The van der Waals surface area contributed by atoms with Gasteiger partial charge in [-0.15, -0.1) is 0 Å². The number of carbonyl (C=O) groups is 2. The maximum Gasteiger partial charge on any atom is 0.247 e. The Hall–Kier alpha value is -2.91. The smallest absolute Gasteiger partial charge is 0.247 e. The average Bonchev–Trinajstić information content (AvgIpc) is 2.77. The molecule has 2 rings (SSSR count). The van der Waals surface area contributed by atoms with Crippen LogP contribution in [0.5, 0.6) is 5.75 Å². The molecule has 0 bridgehead atoms. The highest BCUT2D eigenvalue weighted by molar-refractivity contribution is 7.88. The number of benzene rings is 2. The first kappa shape index (κ1) is 26.3. The van der Waals surface area contributed by atoms with Crippen molar-refractivity contribution < 1.29 is 22.7 Å². The van der Waals surface area contributed by atoms with E-state index in [-0.39, 0.29) is 24.9 Å². The summed E-state index contributed by atoms with van der Waals surface area (Å²) in [5.74, 6) is 0.0984. The third-order valence-corrected chi connectivity index (χ3v) is 6.38. The Labute approximate surface area is 196 Å². The van der Waals surface area contributed by atoms with Gasteiger partial charge in [0.15, 0.2) is 0 Å². The highest BCUT2D eigenvalue weighted by atomic mass is 32.2. The Kier molecular flexibility index (Phi) is 9.43. The molecule has 0 saturated carbocycles. The number of ether oxygens (including phenoxy) is 1. The minimum Gasteiger partial charge on any atom is -0.497 e. The van der Waals surface area contributed by atoms with Crippen LogP contribution in [0.4, 0.5) is 0 Å². The SMILES string of the molecule is COc1ccc(CN(C(=O)CN(C)S(C)(=O)=O)[C@H](C(=O)NCC(C)C)c2ccccc2)cc1. The van der Waals surface area contributed by atoms with Gasteiger partial charge in [0.2, 0.25) is 21.8 Å². The fraction of sp³-hybridized carbons (Fsp3) is 0.417. The second-order valence-corrected chi connectivity index (χ2v) is 10.4. The van der Waals surface area contributed by atoms with Crippen LogP contribution in [-0.4, -0.2) is 62.9 Å². The van der Waals surface area contributed by atoms with Crippen LogP contribution in [0.15, 0.2) is 54.6 Å². The minimum absolute atomic E-state index is 0.120. The zero-order valence-electron chi connectivity index (χ0n) is 19.8. The first-order valence-electron chi connectivity index (χ1n) is 10.7. The Morgan fingerprint density at radius 2 is 1.64 bits per heavy atom. The van der Waals surface area contributed by atoms with Crippen molar-refractivity contribution in [3.8, 4) is 5.75 Å². The third-order valence-electron chi connectivity index (χ3n) is 5.12. The van der Waals surface area contributed by atoms with Crippen molar-refractivity contribution in [2.45, 2.75) is 26.4 Å². The molecular formula is C24H33N3O5S. The molecule has 0 spiro atoms. The number of hydrogen-bond acceptors (Lipinski definition) is 5. The monoisotopic (exact) mass is 475 g/mol. The summed E-state index contributed by atoms with van der Waals surface area (Å²) in [4.78, 5) is 28.1. The molecule has 0 saturated heterocycles. The Morgan fingerprint density at radius 3 is 2.15 bits per heavy atom. The summed E-state index contributed by atoms with van der Waals surface area (Å²) in [5.41, 5.74) is 1.42. The van der Waals surface area contributed by atoms with E-state index in [4.69, 9.17) is 4.74 Å². The van der Waals surface area contributed by atoms with Crippen LogP contribution in [0.25, 0.3) is 0 Å². The predicted octanol–water partition coefficient (Wildman–Crippen LogP) is 2.43. The van der Waals surface area contributed by atoms with E-state index in [0.717, 1.165) is 16.1 Å². The van der Waals surface area contributed by atoms with Gasteiger partial charge in [0.25, 0.3) is 0 Å². The van der Waals surface area contributed by atoms with Crippen LogP contribution >= 0.6 is 0 Å². The molecule has 9 heteroatoms. The molecule has 8 nitrogen and oxygen atoms in total. The van der Waals surface area contributed by atoms with Gasteiger partial charge in [0, 0.05) is 20.1 Å². The Morgan fingerprint density at radius 1 is 1.03 bits per heavy atom. The molecule has 0 radical (unpaired) electrons. The summed E-state index contributed by atoms with van der Waals surface area (Å²) >= 11 is 0. The third kappa shape index (κ3) is 7.87. The molecule has 0 aromatic heterocycles. The lowest BCUT2D eigenvalue weighted by Gasteiger charge is -2.33. The first-order chi connectivity index (χ1) is 15.5. The molecule has 0 heterocycles. The van der Waals surface area contributed by atoms with Gasteiger partial charge in [0.05, 0.1) is 19.9 Å².